The van der Waals surface area contributed by atoms with Gasteiger partial charge in [0.2, 0.25) is 15.6 Å². The van der Waals surface area contributed by atoms with Crippen molar-refractivity contribution < 1.29 is 39.9 Å². The summed E-state index contributed by atoms with van der Waals surface area (Å²) >= 11 is 5.87. The summed E-state index contributed by atoms with van der Waals surface area (Å²) in [5.74, 6) is -1.84. The molecule has 5 N–H and O–H groups in total. The smallest absolute Gasteiger partial charge is 0.373 e. The number of hydrogen-bond donors (Lipinski definition) is 4. The van der Waals surface area contributed by atoms with Gasteiger partial charge in [0.15, 0.2) is 0 Å². The summed E-state index contributed by atoms with van der Waals surface area (Å²) < 4.78 is 88.6. The minimum Gasteiger partial charge on any atom is -0.373 e. The van der Waals surface area contributed by atoms with E-state index in [1.165, 1.54) is 12.1 Å². The fraction of sp³-hybridized carbons (Fsp3) is 0.188. The van der Waals surface area contributed by atoms with Crippen molar-refractivity contribution in [3.63, 3.8) is 0 Å². The lowest BCUT2D eigenvalue weighted by Gasteiger charge is -2.25. The Kier molecular flexibility index (Phi) is 6.64. The topological polar surface area (TPSA) is 156 Å². The molecule has 0 spiro atoms. The average Bonchev–Trinajstić information content (AvgIpc) is 2.61. The third-order valence-corrected chi connectivity index (χ3v) is 6.58. The molecule has 2 aromatic carbocycles. The Morgan fingerprint density at radius 2 is 1.65 bits per heavy atom. The lowest BCUT2D eigenvalue weighted by molar-refractivity contribution is -0.242. The average molecular weight is 502 g/mol. The Hall–Kier alpha value is -2.39. The van der Waals surface area contributed by atoms with E-state index in [0.717, 1.165) is 30.3 Å². The molecule has 0 saturated heterocycles. The van der Waals surface area contributed by atoms with Gasteiger partial charge in [-0.05, 0) is 37.3 Å². The summed E-state index contributed by atoms with van der Waals surface area (Å²) in [6.45, 7) is 0.238. The number of nitrogens with two attached hydrogens (primary N) is 1. The van der Waals surface area contributed by atoms with Gasteiger partial charge in [-0.3, -0.25) is 9.52 Å². The first-order chi connectivity index (χ1) is 14.0. The van der Waals surface area contributed by atoms with E-state index < -0.39 is 58.2 Å². The van der Waals surface area contributed by atoms with E-state index >= 15 is 0 Å². The molecule has 2 aromatic rings. The molecule has 0 aromatic heterocycles. The number of para-hydroxylation sites is 1. The summed E-state index contributed by atoms with van der Waals surface area (Å²) in [6.07, 6.45) is -5.27. The molecule has 1 atom stereocenters. The SMILES string of the molecule is C[C@@](O)(C(=O)Nc1ccc(S(=O)(=O)Nc2ccccc2S(N)(=O)=O)cc1Cl)C(F)(F)F. The largest absolute Gasteiger partial charge is 0.426 e. The molecule has 2 rings (SSSR count). The molecule has 0 aliphatic heterocycles. The molecule has 0 saturated carbocycles. The van der Waals surface area contributed by atoms with Crippen LogP contribution < -0.4 is 15.2 Å². The number of halogens is 4. The minimum absolute atomic E-state index is 0.238. The molecule has 0 aliphatic rings. The lowest BCUT2D eigenvalue weighted by atomic mass is 10.1. The maximum atomic E-state index is 12.7. The van der Waals surface area contributed by atoms with E-state index in [9.17, 15) is 39.9 Å². The summed E-state index contributed by atoms with van der Waals surface area (Å²) in [6, 6.07) is 7.49. The number of alkyl halides is 3. The number of carbonyl (C=O) groups is 1. The van der Waals surface area contributed by atoms with Crippen LogP contribution in [0.1, 0.15) is 6.92 Å². The predicted octanol–water partition coefficient (Wildman–Crippen LogP) is 2.04. The summed E-state index contributed by atoms with van der Waals surface area (Å²) in [5, 5.41) is 15.7. The molecule has 0 heterocycles. The quantitative estimate of drug-likeness (QED) is 0.474. The Labute approximate surface area is 180 Å². The van der Waals surface area contributed by atoms with Crippen LogP contribution in [0.4, 0.5) is 24.5 Å². The summed E-state index contributed by atoms with van der Waals surface area (Å²) in [5.41, 5.74) is -4.47. The van der Waals surface area contributed by atoms with E-state index in [-0.39, 0.29) is 12.6 Å². The fourth-order valence-electron chi connectivity index (χ4n) is 2.14. The first-order valence-electron chi connectivity index (χ1n) is 8.01. The fourth-order valence-corrected chi connectivity index (χ4v) is 4.30. The van der Waals surface area contributed by atoms with Crippen LogP contribution in [0.3, 0.4) is 0 Å². The third-order valence-electron chi connectivity index (χ3n) is 3.93. The number of anilines is 2. The van der Waals surface area contributed by atoms with Crippen molar-refractivity contribution in [2.75, 3.05) is 10.0 Å². The van der Waals surface area contributed by atoms with Crippen molar-refractivity contribution in [1.29, 1.82) is 0 Å². The number of nitrogens with one attached hydrogen (secondary N) is 2. The van der Waals surface area contributed by atoms with Gasteiger partial charge in [-0.1, -0.05) is 23.7 Å². The zero-order chi connectivity index (χ0) is 23.8. The van der Waals surface area contributed by atoms with Gasteiger partial charge in [-0.25, -0.2) is 22.0 Å². The van der Waals surface area contributed by atoms with Crippen molar-refractivity contribution in [2.24, 2.45) is 5.14 Å². The highest BCUT2D eigenvalue weighted by Crippen LogP contribution is 2.33. The monoisotopic (exact) mass is 501 g/mol. The van der Waals surface area contributed by atoms with Crippen LogP contribution in [0, 0.1) is 0 Å². The van der Waals surface area contributed by atoms with Gasteiger partial charge in [-0.15, -0.1) is 0 Å². The van der Waals surface area contributed by atoms with E-state index in [1.807, 2.05) is 4.72 Å². The lowest BCUT2D eigenvalue weighted by Crippen LogP contribution is -2.52. The molecule has 0 radical (unpaired) electrons. The first kappa shape index (κ1) is 24.9. The number of hydrogen-bond acceptors (Lipinski definition) is 6. The van der Waals surface area contributed by atoms with E-state index in [4.69, 9.17) is 16.7 Å². The summed E-state index contributed by atoms with van der Waals surface area (Å²) in [4.78, 5) is 10.8. The molecule has 9 nitrogen and oxygen atoms in total. The predicted molar refractivity (Wildman–Crippen MR) is 105 cm³/mol. The van der Waals surface area contributed by atoms with E-state index in [1.54, 1.807) is 5.32 Å². The molecule has 0 bridgehead atoms. The zero-order valence-corrected chi connectivity index (χ0v) is 17.8. The highest BCUT2D eigenvalue weighted by molar-refractivity contribution is 7.93. The number of primary sulfonamides is 1. The van der Waals surface area contributed by atoms with E-state index in [2.05, 4.69) is 0 Å². The maximum Gasteiger partial charge on any atom is 0.426 e. The zero-order valence-electron chi connectivity index (χ0n) is 15.4. The van der Waals surface area contributed by atoms with Crippen LogP contribution in [-0.2, 0) is 24.8 Å². The maximum absolute atomic E-state index is 12.7. The number of sulfonamides is 2. The van der Waals surface area contributed by atoms with E-state index in [0.29, 0.717) is 0 Å². The Bertz CT molecular complexity index is 1230. The van der Waals surface area contributed by atoms with Gasteiger partial charge < -0.3 is 10.4 Å². The first-order valence-corrected chi connectivity index (χ1v) is 11.4. The van der Waals surface area contributed by atoms with Gasteiger partial charge in [0, 0.05) is 0 Å². The van der Waals surface area contributed by atoms with Crippen LogP contribution in [0.2, 0.25) is 5.02 Å². The molecule has 0 fully saturated rings. The van der Waals surface area contributed by atoms with Crippen molar-refractivity contribution in [3.05, 3.63) is 47.5 Å². The normalized spacial score (nSPS) is 14.5. The number of amides is 1. The van der Waals surface area contributed by atoms with Gasteiger partial charge in [-0.2, -0.15) is 13.2 Å². The molecule has 170 valence electrons. The van der Waals surface area contributed by atoms with Crippen molar-refractivity contribution in [1.82, 2.24) is 0 Å². The molecule has 0 unspecified atom stereocenters. The second-order valence-electron chi connectivity index (χ2n) is 6.31. The standard InChI is InChI=1S/C16H15ClF3N3O6S2/c1-15(25,16(18,19)20)14(24)22-11-7-6-9(8-10(11)17)31(28,29)23-12-4-2-3-5-13(12)30(21,26)27/h2-8,23,25H,1H3,(H,22,24)(H2,21,26,27)/t15-/m1/s1. The number of aliphatic hydroxyl groups is 1. The van der Waals surface area contributed by atoms with Gasteiger partial charge >= 0.3 is 6.18 Å². The summed E-state index contributed by atoms with van der Waals surface area (Å²) in [7, 11) is -8.67. The second kappa shape index (κ2) is 8.27. The highest BCUT2D eigenvalue weighted by atomic mass is 35.5. The Morgan fingerprint density at radius 1 is 1.06 bits per heavy atom. The third kappa shape index (κ3) is 5.46. The number of benzene rings is 2. The van der Waals surface area contributed by atoms with Crippen LogP contribution in [0.5, 0.6) is 0 Å². The van der Waals surface area contributed by atoms with Gasteiger partial charge in [0.05, 0.1) is 21.3 Å². The molecule has 1 amide bonds. The molecular formula is C16H15ClF3N3O6S2. The van der Waals surface area contributed by atoms with Crippen LogP contribution in [0.15, 0.2) is 52.3 Å². The molecule has 31 heavy (non-hydrogen) atoms. The minimum atomic E-state index is -5.27. The van der Waals surface area contributed by atoms with Crippen LogP contribution in [-0.4, -0.2) is 39.6 Å². The van der Waals surface area contributed by atoms with Crippen molar-refractivity contribution >= 4 is 48.9 Å². The van der Waals surface area contributed by atoms with Crippen LogP contribution in [0.25, 0.3) is 0 Å². The number of carbonyl (C=O) groups excluding carboxylic acids is 1. The second-order valence-corrected chi connectivity index (χ2v) is 9.93. The molecular weight excluding hydrogens is 487 g/mol. The molecule has 0 aliphatic carbocycles. The van der Waals surface area contributed by atoms with Gasteiger partial charge in [0.25, 0.3) is 15.9 Å². The highest BCUT2D eigenvalue weighted by Gasteiger charge is 2.55. The van der Waals surface area contributed by atoms with Crippen LogP contribution >= 0.6 is 11.6 Å². The molecule has 15 heteroatoms. The van der Waals surface area contributed by atoms with Gasteiger partial charge in [0.1, 0.15) is 4.90 Å². The number of rotatable bonds is 6. The van der Waals surface area contributed by atoms with Crippen molar-refractivity contribution in [3.8, 4) is 0 Å². The van der Waals surface area contributed by atoms with Crippen molar-refractivity contribution in [2.45, 2.75) is 28.5 Å². The Morgan fingerprint density at radius 3 is 2.16 bits per heavy atom. The Balaban J connectivity index is 2.34.